The summed E-state index contributed by atoms with van der Waals surface area (Å²) in [6.45, 7) is 0.501. The zero-order chi connectivity index (χ0) is 13.9. The molecule has 20 heavy (non-hydrogen) atoms. The Kier molecular flexibility index (Phi) is 3.39. The highest BCUT2D eigenvalue weighted by atomic mass is 16.5. The minimum absolute atomic E-state index is 0.0607. The number of fused-ring (bicyclic) bond motifs is 2. The summed E-state index contributed by atoms with van der Waals surface area (Å²) in [5.41, 5.74) is 1.07. The topological polar surface area (TPSA) is 59.7 Å². The first kappa shape index (κ1) is 12.7. The van der Waals surface area contributed by atoms with Crippen LogP contribution in [0.3, 0.4) is 0 Å². The molecule has 3 aromatic rings. The Labute approximate surface area is 115 Å². The van der Waals surface area contributed by atoms with Crippen LogP contribution in [0.5, 0.6) is 5.75 Å². The average Bonchev–Trinajstić information content (AvgIpc) is 2.48. The van der Waals surface area contributed by atoms with Crippen molar-refractivity contribution in [1.82, 2.24) is 0 Å². The number of hydrogen-bond acceptors (Lipinski definition) is 4. The lowest BCUT2D eigenvalue weighted by molar-refractivity contribution is 0.233. The third-order valence-electron chi connectivity index (χ3n) is 3.12. The molecule has 4 heteroatoms. The van der Waals surface area contributed by atoms with Crippen molar-refractivity contribution >= 4 is 21.9 Å². The molecule has 0 bridgehead atoms. The Morgan fingerprint density at radius 1 is 1.05 bits per heavy atom. The van der Waals surface area contributed by atoms with Crippen molar-refractivity contribution < 1.29 is 14.3 Å². The van der Waals surface area contributed by atoms with Gasteiger partial charge in [0.1, 0.15) is 16.9 Å². The SMILES string of the molecule is O=c1c2ccccc2oc2ccc(OCCCO)cc12. The van der Waals surface area contributed by atoms with Crippen molar-refractivity contribution in [2.75, 3.05) is 13.2 Å². The highest BCUT2D eigenvalue weighted by Gasteiger charge is 2.08. The molecular formula is C16H14O4. The molecule has 0 spiro atoms. The van der Waals surface area contributed by atoms with Crippen molar-refractivity contribution in [3.8, 4) is 5.75 Å². The van der Waals surface area contributed by atoms with Crippen LogP contribution in [0.15, 0.2) is 51.7 Å². The van der Waals surface area contributed by atoms with Crippen LogP contribution in [0.4, 0.5) is 0 Å². The summed E-state index contributed by atoms with van der Waals surface area (Å²) in [5.74, 6) is 0.605. The van der Waals surface area contributed by atoms with Gasteiger partial charge in [0, 0.05) is 13.0 Å². The van der Waals surface area contributed by atoms with E-state index in [0.717, 1.165) is 0 Å². The average molecular weight is 270 g/mol. The summed E-state index contributed by atoms with van der Waals surface area (Å²) in [5, 5.41) is 9.80. The van der Waals surface area contributed by atoms with E-state index in [1.54, 1.807) is 30.3 Å². The van der Waals surface area contributed by atoms with Crippen LogP contribution in [-0.2, 0) is 0 Å². The zero-order valence-corrected chi connectivity index (χ0v) is 10.8. The maximum atomic E-state index is 12.4. The van der Waals surface area contributed by atoms with E-state index in [1.807, 2.05) is 12.1 Å². The van der Waals surface area contributed by atoms with E-state index in [4.69, 9.17) is 14.3 Å². The Bertz CT molecular complexity index is 804. The van der Waals surface area contributed by atoms with Crippen LogP contribution < -0.4 is 10.2 Å². The maximum Gasteiger partial charge on any atom is 0.200 e. The second-order valence-electron chi connectivity index (χ2n) is 4.51. The molecular weight excluding hydrogens is 256 g/mol. The number of rotatable bonds is 4. The van der Waals surface area contributed by atoms with Gasteiger partial charge in [-0.2, -0.15) is 0 Å². The summed E-state index contributed by atoms with van der Waals surface area (Å²) in [6.07, 6.45) is 0.560. The molecule has 1 N–H and O–H groups in total. The fourth-order valence-electron chi connectivity index (χ4n) is 2.13. The van der Waals surface area contributed by atoms with Crippen molar-refractivity contribution in [3.05, 3.63) is 52.7 Å². The minimum atomic E-state index is -0.0607. The molecule has 1 aromatic heterocycles. The molecule has 0 radical (unpaired) electrons. The molecule has 0 aliphatic rings. The largest absolute Gasteiger partial charge is 0.493 e. The van der Waals surface area contributed by atoms with Gasteiger partial charge in [0.25, 0.3) is 0 Å². The third kappa shape index (κ3) is 2.26. The first-order chi connectivity index (χ1) is 9.79. The van der Waals surface area contributed by atoms with E-state index in [1.165, 1.54) is 0 Å². The normalized spacial score (nSPS) is 11.1. The molecule has 0 aliphatic heterocycles. The van der Waals surface area contributed by atoms with Crippen molar-refractivity contribution in [2.24, 2.45) is 0 Å². The number of aliphatic hydroxyl groups is 1. The Balaban J connectivity index is 2.11. The second kappa shape index (κ2) is 5.35. The van der Waals surface area contributed by atoms with Crippen LogP contribution in [0, 0.1) is 0 Å². The van der Waals surface area contributed by atoms with E-state index < -0.39 is 0 Å². The zero-order valence-electron chi connectivity index (χ0n) is 10.8. The summed E-state index contributed by atoms with van der Waals surface area (Å²) in [6, 6.07) is 12.4. The summed E-state index contributed by atoms with van der Waals surface area (Å²) >= 11 is 0. The summed E-state index contributed by atoms with van der Waals surface area (Å²) < 4.78 is 11.2. The van der Waals surface area contributed by atoms with Crippen molar-refractivity contribution in [1.29, 1.82) is 0 Å². The van der Waals surface area contributed by atoms with E-state index >= 15 is 0 Å². The van der Waals surface area contributed by atoms with Gasteiger partial charge < -0.3 is 14.3 Å². The molecule has 0 fully saturated rings. The Morgan fingerprint density at radius 3 is 2.70 bits per heavy atom. The lowest BCUT2D eigenvalue weighted by Crippen LogP contribution is -2.03. The number of aliphatic hydroxyl groups excluding tert-OH is 1. The molecule has 0 saturated carbocycles. The molecule has 0 amide bonds. The van der Waals surface area contributed by atoms with Crippen LogP contribution in [0.25, 0.3) is 21.9 Å². The highest BCUT2D eigenvalue weighted by molar-refractivity contribution is 5.90. The maximum absolute atomic E-state index is 12.4. The Hall–Kier alpha value is -2.33. The van der Waals surface area contributed by atoms with E-state index in [9.17, 15) is 4.79 Å². The second-order valence-corrected chi connectivity index (χ2v) is 4.51. The predicted molar refractivity (Wildman–Crippen MR) is 77.2 cm³/mol. The monoisotopic (exact) mass is 270 g/mol. The van der Waals surface area contributed by atoms with Gasteiger partial charge in [-0.15, -0.1) is 0 Å². The lowest BCUT2D eigenvalue weighted by atomic mass is 10.1. The van der Waals surface area contributed by atoms with Gasteiger partial charge in [0.05, 0.1) is 17.4 Å². The lowest BCUT2D eigenvalue weighted by Gasteiger charge is -2.06. The van der Waals surface area contributed by atoms with Gasteiger partial charge in [-0.1, -0.05) is 12.1 Å². The first-order valence-electron chi connectivity index (χ1n) is 6.49. The molecule has 4 nitrogen and oxygen atoms in total. The fourth-order valence-corrected chi connectivity index (χ4v) is 2.13. The fraction of sp³-hybridized carbons (Fsp3) is 0.188. The van der Waals surface area contributed by atoms with E-state index in [2.05, 4.69) is 0 Å². The predicted octanol–water partition coefficient (Wildman–Crippen LogP) is 2.71. The number of hydrogen-bond donors (Lipinski definition) is 1. The van der Waals surface area contributed by atoms with Gasteiger partial charge >= 0.3 is 0 Å². The van der Waals surface area contributed by atoms with E-state index in [0.29, 0.717) is 40.7 Å². The number of para-hydroxylation sites is 1. The van der Waals surface area contributed by atoms with Gasteiger partial charge in [0.15, 0.2) is 0 Å². The van der Waals surface area contributed by atoms with Crippen LogP contribution in [0.2, 0.25) is 0 Å². The highest BCUT2D eigenvalue weighted by Crippen LogP contribution is 2.22. The quantitative estimate of drug-likeness (QED) is 0.585. The minimum Gasteiger partial charge on any atom is -0.493 e. The number of benzene rings is 2. The van der Waals surface area contributed by atoms with Crippen molar-refractivity contribution in [2.45, 2.75) is 6.42 Å². The molecule has 0 unspecified atom stereocenters. The third-order valence-corrected chi connectivity index (χ3v) is 3.12. The summed E-state index contributed by atoms with van der Waals surface area (Å²) in [4.78, 5) is 12.4. The van der Waals surface area contributed by atoms with Crippen LogP contribution >= 0.6 is 0 Å². The molecule has 0 atom stereocenters. The first-order valence-corrected chi connectivity index (χ1v) is 6.49. The van der Waals surface area contributed by atoms with E-state index in [-0.39, 0.29) is 12.0 Å². The molecule has 0 aliphatic carbocycles. The standard InChI is InChI=1S/C16H14O4/c17-8-3-9-19-11-6-7-15-13(10-11)16(18)12-4-1-2-5-14(12)20-15/h1-2,4-7,10,17H,3,8-9H2. The van der Waals surface area contributed by atoms with Gasteiger partial charge in [-0.3, -0.25) is 4.79 Å². The van der Waals surface area contributed by atoms with Crippen molar-refractivity contribution in [3.63, 3.8) is 0 Å². The molecule has 3 rings (SSSR count). The smallest absolute Gasteiger partial charge is 0.200 e. The van der Waals surface area contributed by atoms with Crippen LogP contribution in [-0.4, -0.2) is 18.3 Å². The molecule has 2 aromatic carbocycles. The summed E-state index contributed by atoms with van der Waals surface area (Å²) in [7, 11) is 0. The van der Waals surface area contributed by atoms with Gasteiger partial charge in [0.2, 0.25) is 5.43 Å². The molecule has 102 valence electrons. The Morgan fingerprint density at radius 2 is 1.85 bits per heavy atom. The van der Waals surface area contributed by atoms with Gasteiger partial charge in [-0.05, 0) is 30.3 Å². The van der Waals surface area contributed by atoms with Gasteiger partial charge in [-0.25, -0.2) is 0 Å². The van der Waals surface area contributed by atoms with Crippen LogP contribution in [0.1, 0.15) is 6.42 Å². The number of ether oxygens (including phenoxy) is 1. The molecule has 1 heterocycles. The molecule has 0 saturated heterocycles.